The van der Waals surface area contributed by atoms with Crippen LogP contribution in [-0.4, -0.2) is 17.0 Å². The average molecular weight is 295 g/mol. The van der Waals surface area contributed by atoms with E-state index in [0.717, 1.165) is 6.07 Å². The number of carbonyl (C=O) groups excluding carboxylic acids is 1. The number of hydrogen-bond acceptors (Lipinski definition) is 2. The molecule has 3 aliphatic carbocycles. The fourth-order valence-corrected chi connectivity index (χ4v) is 3.51. The number of halogens is 2. The van der Waals surface area contributed by atoms with Crippen LogP contribution in [0.5, 0.6) is 0 Å². The van der Waals surface area contributed by atoms with Crippen molar-refractivity contribution in [2.24, 2.45) is 10.8 Å². The molecule has 21 heavy (non-hydrogen) atoms. The Bertz CT molecular complexity index is 604. The van der Waals surface area contributed by atoms with Crippen LogP contribution in [0.3, 0.4) is 0 Å². The number of amides is 1. The third kappa shape index (κ3) is 2.01. The van der Waals surface area contributed by atoms with Crippen molar-refractivity contribution >= 4 is 11.9 Å². The van der Waals surface area contributed by atoms with Crippen molar-refractivity contribution in [1.29, 1.82) is 0 Å². The van der Waals surface area contributed by atoms with Gasteiger partial charge in [-0.1, -0.05) is 0 Å². The number of hydrogen-bond donors (Lipinski definition) is 2. The molecule has 0 aliphatic heterocycles. The van der Waals surface area contributed by atoms with Crippen molar-refractivity contribution in [3.8, 4) is 0 Å². The lowest BCUT2D eigenvalue weighted by Gasteiger charge is -2.66. The molecule has 6 heteroatoms. The molecule has 3 fully saturated rings. The van der Waals surface area contributed by atoms with Crippen molar-refractivity contribution in [2.45, 2.75) is 32.2 Å². The third-order valence-electron chi connectivity index (χ3n) is 4.70. The summed E-state index contributed by atoms with van der Waals surface area (Å²) in [5.74, 6) is -2.47. The van der Waals surface area contributed by atoms with Crippen LogP contribution in [0.1, 0.15) is 37.8 Å². The molecular weight excluding hydrogens is 280 g/mol. The normalized spacial score (nSPS) is 30.8. The maximum absolute atomic E-state index is 13.2. The highest BCUT2D eigenvalue weighted by atomic mass is 19.1. The van der Waals surface area contributed by atoms with E-state index in [1.54, 1.807) is 6.92 Å². The largest absolute Gasteiger partial charge is 0.481 e. The lowest BCUT2D eigenvalue weighted by molar-refractivity contribution is -0.220. The minimum atomic E-state index is -0.850. The van der Waals surface area contributed by atoms with Gasteiger partial charge in [0.1, 0.15) is 11.6 Å². The summed E-state index contributed by atoms with van der Waals surface area (Å²) in [4.78, 5) is 23.2. The van der Waals surface area contributed by atoms with Gasteiger partial charge in [0.25, 0.3) is 0 Å². The van der Waals surface area contributed by atoms with E-state index in [1.165, 1.54) is 12.1 Å². The van der Waals surface area contributed by atoms with Crippen molar-refractivity contribution in [3.05, 3.63) is 35.4 Å². The van der Waals surface area contributed by atoms with E-state index in [0.29, 0.717) is 24.8 Å². The first-order chi connectivity index (χ1) is 9.76. The number of carboxylic acid groups (broad SMARTS) is 1. The van der Waals surface area contributed by atoms with Crippen LogP contribution in [0, 0.1) is 22.5 Å². The number of carboxylic acids is 1. The molecule has 1 amide bonds. The third-order valence-corrected chi connectivity index (χ3v) is 4.70. The molecule has 4 rings (SSSR count). The quantitative estimate of drug-likeness (QED) is 0.896. The summed E-state index contributed by atoms with van der Waals surface area (Å²) in [6.07, 6.45) is 1.06. The molecule has 0 heterocycles. The van der Waals surface area contributed by atoms with Gasteiger partial charge < -0.3 is 10.4 Å². The Morgan fingerprint density at radius 3 is 2.14 bits per heavy atom. The lowest BCUT2D eigenvalue weighted by Crippen LogP contribution is -2.70. The molecule has 2 bridgehead atoms. The van der Waals surface area contributed by atoms with Gasteiger partial charge in [0.15, 0.2) is 0 Å². The molecule has 2 N–H and O–H groups in total. The first-order valence-corrected chi connectivity index (χ1v) is 6.77. The summed E-state index contributed by atoms with van der Waals surface area (Å²) in [6.45, 7) is 1.64. The Labute approximate surface area is 120 Å². The first kappa shape index (κ1) is 14.0. The number of nitrogens with one attached hydrogen (secondary N) is 1. The van der Waals surface area contributed by atoms with Crippen LogP contribution in [0.25, 0.3) is 0 Å². The van der Waals surface area contributed by atoms with E-state index in [2.05, 4.69) is 5.32 Å². The lowest BCUT2D eigenvalue weighted by atomic mass is 9.35. The smallest absolute Gasteiger partial charge is 0.309 e. The van der Waals surface area contributed by atoms with Gasteiger partial charge in [-0.05, 0) is 43.9 Å². The Kier molecular flexibility index (Phi) is 2.83. The Morgan fingerprint density at radius 2 is 1.67 bits per heavy atom. The molecular formula is C15H15F2NO3. The van der Waals surface area contributed by atoms with E-state index >= 15 is 0 Å². The van der Waals surface area contributed by atoms with E-state index in [4.69, 9.17) is 5.11 Å². The summed E-state index contributed by atoms with van der Waals surface area (Å²) < 4.78 is 26.3. The molecule has 3 saturated carbocycles. The minimum Gasteiger partial charge on any atom is -0.481 e. The zero-order valence-corrected chi connectivity index (χ0v) is 11.5. The number of benzene rings is 1. The summed E-state index contributed by atoms with van der Waals surface area (Å²) in [5, 5.41) is 11.8. The zero-order valence-electron chi connectivity index (χ0n) is 11.5. The zero-order chi connectivity index (χ0) is 15.4. The highest BCUT2D eigenvalue weighted by molar-refractivity contribution is 5.93. The second-order valence-corrected chi connectivity index (χ2v) is 6.29. The number of rotatable bonds is 4. The number of carbonyl (C=O) groups is 2. The molecule has 0 saturated heterocycles. The SMILES string of the molecule is CC(NC(=O)C12CC(C(=O)O)(C1)C2)c1cc(F)cc(F)c1. The summed E-state index contributed by atoms with van der Waals surface area (Å²) >= 11 is 0. The minimum absolute atomic E-state index is 0.234. The Balaban J connectivity index is 1.65. The fourth-order valence-electron chi connectivity index (χ4n) is 3.51. The Hall–Kier alpha value is -1.98. The van der Waals surface area contributed by atoms with Gasteiger partial charge in [-0.3, -0.25) is 9.59 Å². The van der Waals surface area contributed by atoms with Crippen molar-refractivity contribution in [3.63, 3.8) is 0 Å². The highest BCUT2D eigenvalue weighted by Crippen LogP contribution is 2.73. The van der Waals surface area contributed by atoms with Gasteiger partial charge in [-0.2, -0.15) is 0 Å². The maximum atomic E-state index is 13.2. The van der Waals surface area contributed by atoms with Gasteiger partial charge in [0.2, 0.25) is 5.91 Å². The van der Waals surface area contributed by atoms with Crippen LogP contribution < -0.4 is 5.32 Å². The van der Waals surface area contributed by atoms with E-state index in [1.807, 2.05) is 0 Å². The van der Waals surface area contributed by atoms with Crippen molar-refractivity contribution in [2.75, 3.05) is 0 Å². The number of aliphatic carboxylic acids is 1. The van der Waals surface area contributed by atoms with Crippen LogP contribution >= 0.6 is 0 Å². The molecule has 0 spiro atoms. The summed E-state index contributed by atoms with van der Waals surface area (Å²) in [5.41, 5.74) is -0.968. The van der Waals surface area contributed by atoms with Crippen LogP contribution in [-0.2, 0) is 9.59 Å². The van der Waals surface area contributed by atoms with Crippen molar-refractivity contribution < 1.29 is 23.5 Å². The molecule has 1 atom stereocenters. The van der Waals surface area contributed by atoms with Gasteiger partial charge in [-0.25, -0.2) is 8.78 Å². The molecule has 4 nitrogen and oxygen atoms in total. The van der Waals surface area contributed by atoms with E-state index < -0.39 is 34.5 Å². The van der Waals surface area contributed by atoms with Crippen LogP contribution in [0.2, 0.25) is 0 Å². The van der Waals surface area contributed by atoms with Gasteiger partial charge in [0, 0.05) is 6.07 Å². The predicted octanol–water partition coefficient (Wildman–Crippen LogP) is 2.40. The first-order valence-electron chi connectivity index (χ1n) is 6.77. The molecule has 1 unspecified atom stereocenters. The molecule has 1 aromatic rings. The van der Waals surface area contributed by atoms with Gasteiger partial charge >= 0.3 is 5.97 Å². The van der Waals surface area contributed by atoms with E-state index in [9.17, 15) is 18.4 Å². The van der Waals surface area contributed by atoms with E-state index in [-0.39, 0.29) is 5.91 Å². The average Bonchev–Trinajstić information content (AvgIpc) is 2.22. The van der Waals surface area contributed by atoms with Crippen LogP contribution in [0.15, 0.2) is 18.2 Å². The monoisotopic (exact) mass is 295 g/mol. The van der Waals surface area contributed by atoms with Gasteiger partial charge in [-0.15, -0.1) is 0 Å². The summed E-state index contributed by atoms with van der Waals surface area (Å²) in [7, 11) is 0. The van der Waals surface area contributed by atoms with Crippen molar-refractivity contribution in [1.82, 2.24) is 5.32 Å². The molecule has 3 aliphatic rings. The molecule has 0 radical (unpaired) electrons. The molecule has 0 aromatic heterocycles. The summed E-state index contributed by atoms with van der Waals surface area (Å²) in [6, 6.07) is 2.59. The Morgan fingerprint density at radius 1 is 1.14 bits per heavy atom. The maximum Gasteiger partial charge on any atom is 0.309 e. The second kappa shape index (κ2) is 4.26. The highest BCUT2D eigenvalue weighted by Gasteiger charge is 2.75. The predicted molar refractivity (Wildman–Crippen MR) is 69.3 cm³/mol. The van der Waals surface area contributed by atoms with Crippen LogP contribution in [0.4, 0.5) is 8.78 Å². The second-order valence-electron chi connectivity index (χ2n) is 6.29. The standard InChI is InChI=1S/C15H15F2NO3/c1-8(9-2-10(16)4-11(17)3-9)18-12(19)14-5-15(6-14,7-14)13(20)21/h2-4,8H,5-7H2,1H3,(H,18,19)(H,20,21). The molecule has 1 aromatic carbocycles. The molecule has 112 valence electrons. The topological polar surface area (TPSA) is 66.4 Å². The van der Waals surface area contributed by atoms with Gasteiger partial charge in [0.05, 0.1) is 16.9 Å². The fraction of sp³-hybridized carbons (Fsp3) is 0.467.